The van der Waals surface area contributed by atoms with Crippen LogP contribution in [0.4, 0.5) is 0 Å². The van der Waals surface area contributed by atoms with Gasteiger partial charge in [-0.2, -0.15) is 0 Å². The lowest BCUT2D eigenvalue weighted by atomic mass is 9.79. The van der Waals surface area contributed by atoms with Gasteiger partial charge in [-0.05, 0) is 44.1 Å². The Bertz CT molecular complexity index is 356. The summed E-state index contributed by atoms with van der Waals surface area (Å²) < 4.78 is 0. The van der Waals surface area contributed by atoms with Crippen molar-refractivity contribution in [2.24, 2.45) is 0 Å². The van der Waals surface area contributed by atoms with E-state index in [1.54, 1.807) is 0 Å². The molecule has 1 rings (SSSR count). The maximum atomic E-state index is 4.32. The van der Waals surface area contributed by atoms with Gasteiger partial charge in [0.05, 0.1) is 6.04 Å². The van der Waals surface area contributed by atoms with Gasteiger partial charge in [0.15, 0.2) is 0 Å². The maximum absolute atomic E-state index is 4.32. The number of rotatable bonds is 9. The van der Waals surface area contributed by atoms with Crippen molar-refractivity contribution in [3.05, 3.63) is 30.1 Å². The van der Waals surface area contributed by atoms with Crippen molar-refractivity contribution in [2.75, 3.05) is 19.6 Å². The Morgan fingerprint density at radius 2 is 1.80 bits per heavy atom. The minimum Gasteiger partial charge on any atom is -0.309 e. The van der Waals surface area contributed by atoms with Crippen LogP contribution < -0.4 is 5.32 Å². The second-order valence-electron chi connectivity index (χ2n) is 5.26. The van der Waals surface area contributed by atoms with E-state index < -0.39 is 0 Å². The van der Waals surface area contributed by atoms with Gasteiger partial charge in [0, 0.05) is 17.9 Å². The Balaban J connectivity index is 3.24. The van der Waals surface area contributed by atoms with E-state index >= 15 is 0 Å². The third-order valence-electron chi connectivity index (χ3n) is 4.58. The van der Waals surface area contributed by atoms with Crippen LogP contribution in [0.15, 0.2) is 24.5 Å². The van der Waals surface area contributed by atoms with Crippen molar-refractivity contribution >= 4 is 0 Å². The predicted molar refractivity (Wildman–Crippen MR) is 86.9 cm³/mol. The van der Waals surface area contributed by atoms with Crippen molar-refractivity contribution in [3.63, 3.8) is 0 Å². The molecule has 0 saturated carbocycles. The summed E-state index contributed by atoms with van der Waals surface area (Å²) in [6.45, 7) is 14.5. The largest absolute Gasteiger partial charge is 0.309 e. The molecule has 1 unspecified atom stereocenters. The lowest BCUT2D eigenvalue weighted by molar-refractivity contribution is 0.0492. The minimum atomic E-state index is 0.155. The third kappa shape index (κ3) is 3.39. The Hall–Kier alpha value is -0.930. The van der Waals surface area contributed by atoms with Crippen LogP contribution >= 0.6 is 0 Å². The van der Waals surface area contributed by atoms with Gasteiger partial charge in [-0.25, -0.2) is 0 Å². The zero-order valence-corrected chi connectivity index (χ0v) is 13.8. The number of hydrogen-bond donors (Lipinski definition) is 1. The monoisotopic (exact) mass is 277 g/mol. The summed E-state index contributed by atoms with van der Waals surface area (Å²) >= 11 is 0. The molecule has 0 saturated heterocycles. The molecule has 0 fully saturated rings. The first-order valence-electron chi connectivity index (χ1n) is 8.08. The summed E-state index contributed by atoms with van der Waals surface area (Å²) in [5.41, 5.74) is 1.45. The number of likely N-dealkylation sites (N-methyl/N-ethyl adjacent to an activating group) is 2. The number of aromatic nitrogens is 1. The van der Waals surface area contributed by atoms with Crippen molar-refractivity contribution < 1.29 is 0 Å². The van der Waals surface area contributed by atoms with Crippen LogP contribution in [0.2, 0.25) is 0 Å². The summed E-state index contributed by atoms with van der Waals surface area (Å²) in [5, 5.41) is 3.71. The Kier molecular flexibility index (Phi) is 7.17. The quantitative estimate of drug-likeness (QED) is 0.747. The van der Waals surface area contributed by atoms with E-state index in [0.29, 0.717) is 6.04 Å². The number of hydrogen-bond acceptors (Lipinski definition) is 3. The lowest BCUT2D eigenvalue weighted by Crippen LogP contribution is -2.56. The SMILES string of the molecule is CCNC(c1cccnc1)C(CC)(CC)N(CC)CC. The van der Waals surface area contributed by atoms with E-state index in [-0.39, 0.29) is 5.54 Å². The Morgan fingerprint density at radius 1 is 1.15 bits per heavy atom. The highest BCUT2D eigenvalue weighted by Crippen LogP contribution is 2.37. The summed E-state index contributed by atoms with van der Waals surface area (Å²) in [6.07, 6.45) is 6.13. The van der Waals surface area contributed by atoms with E-state index in [2.05, 4.69) is 55.9 Å². The Labute approximate surface area is 124 Å². The lowest BCUT2D eigenvalue weighted by Gasteiger charge is -2.48. The second-order valence-corrected chi connectivity index (χ2v) is 5.26. The highest BCUT2D eigenvalue weighted by molar-refractivity contribution is 5.20. The van der Waals surface area contributed by atoms with Crippen LogP contribution in [-0.4, -0.2) is 35.1 Å². The van der Waals surface area contributed by atoms with Crippen LogP contribution in [0.3, 0.4) is 0 Å². The van der Waals surface area contributed by atoms with E-state index in [1.807, 2.05) is 18.5 Å². The topological polar surface area (TPSA) is 28.2 Å². The molecule has 1 aromatic heterocycles. The molecule has 1 heterocycles. The van der Waals surface area contributed by atoms with Gasteiger partial charge in [0.1, 0.15) is 0 Å². The summed E-state index contributed by atoms with van der Waals surface area (Å²) in [6, 6.07) is 4.57. The maximum Gasteiger partial charge on any atom is 0.0522 e. The molecule has 0 amide bonds. The van der Waals surface area contributed by atoms with Gasteiger partial charge in [-0.1, -0.05) is 40.7 Å². The molecule has 3 nitrogen and oxygen atoms in total. The first-order chi connectivity index (χ1) is 9.69. The highest BCUT2D eigenvalue weighted by atomic mass is 15.2. The normalized spacial score (nSPS) is 13.7. The standard InChI is InChI=1S/C17H31N3/c1-6-17(7-2,20(9-4)10-5)16(19-8-3)15-12-11-13-18-14-15/h11-14,16,19H,6-10H2,1-5H3. The van der Waals surface area contributed by atoms with Crippen molar-refractivity contribution in [1.82, 2.24) is 15.2 Å². The number of nitrogens with one attached hydrogen (secondary N) is 1. The molecule has 0 aromatic carbocycles. The first-order valence-corrected chi connectivity index (χ1v) is 8.08. The van der Waals surface area contributed by atoms with Crippen molar-refractivity contribution in [3.8, 4) is 0 Å². The fourth-order valence-corrected chi connectivity index (χ4v) is 3.51. The average molecular weight is 277 g/mol. The predicted octanol–water partition coefficient (Wildman–Crippen LogP) is 3.63. The van der Waals surface area contributed by atoms with Crippen LogP contribution in [0, 0.1) is 0 Å². The Morgan fingerprint density at radius 3 is 2.20 bits per heavy atom. The van der Waals surface area contributed by atoms with Crippen LogP contribution in [-0.2, 0) is 0 Å². The van der Waals surface area contributed by atoms with Crippen LogP contribution in [0.5, 0.6) is 0 Å². The second kappa shape index (κ2) is 8.38. The molecule has 1 atom stereocenters. The van der Waals surface area contributed by atoms with Gasteiger partial charge in [-0.3, -0.25) is 9.88 Å². The minimum absolute atomic E-state index is 0.155. The zero-order valence-electron chi connectivity index (χ0n) is 13.8. The molecule has 0 aliphatic heterocycles. The molecule has 1 aromatic rings. The molecule has 0 aliphatic rings. The average Bonchev–Trinajstić information content (AvgIpc) is 2.52. The van der Waals surface area contributed by atoms with Gasteiger partial charge < -0.3 is 5.32 Å². The van der Waals surface area contributed by atoms with E-state index in [9.17, 15) is 0 Å². The first kappa shape index (κ1) is 17.1. The molecular weight excluding hydrogens is 246 g/mol. The van der Waals surface area contributed by atoms with Gasteiger partial charge in [0.2, 0.25) is 0 Å². The summed E-state index contributed by atoms with van der Waals surface area (Å²) in [7, 11) is 0. The molecular formula is C17H31N3. The van der Waals surface area contributed by atoms with Crippen molar-refractivity contribution in [1.29, 1.82) is 0 Å². The summed E-state index contributed by atoms with van der Waals surface area (Å²) in [5.74, 6) is 0. The highest BCUT2D eigenvalue weighted by Gasteiger charge is 2.40. The summed E-state index contributed by atoms with van der Waals surface area (Å²) in [4.78, 5) is 6.93. The van der Waals surface area contributed by atoms with E-state index in [1.165, 1.54) is 5.56 Å². The molecule has 114 valence electrons. The van der Waals surface area contributed by atoms with Crippen LogP contribution in [0.25, 0.3) is 0 Å². The fourth-order valence-electron chi connectivity index (χ4n) is 3.51. The smallest absolute Gasteiger partial charge is 0.0522 e. The molecule has 0 bridgehead atoms. The van der Waals surface area contributed by atoms with Gasteiger partial charge in [-0.15, -0.1) is 0 Å². The fraction of sp³-hybridized carbons (Fsp3) is 0.706. The number of pyridine rings is 1. The van der Waals surface area contributed by atoms with Gasteiger partial charge in [0.25, 0.3) is 0 Å². The zero-order chi connectivity index (χ0) is 15.0. The van der Waals surface area contributed by atoms with E-state index in [4.69, 9.17) is 0 Å². The molecule has 0 radical (unpaired) electrons. The van der Waals surface area contributed by atoms with Crippen molar-refractivity contribution in [2.45, 2.75) is 59.0 Å². The molecule has 20 heavy (non-hydrogen) atoms. The number of nitrogens with zero attached hydrogens (tertiary/aromatic N) is 2. The molecule has 3 heteroatoms. The molecule has 0 aliphatic carbocycles. The van der Waals surface area contributed by atoms with Gasteiger partial charge >= 0.3 is 0 Å². The van der Waals surface area contributed by atoms with E-state index in [0.717, 1.165) is 32.5 Å². The molecule has 1 N–H and O–H groups in total. The van der Waals surface area contributed by atoms with Crippen LogP contribution in [0.1, 0.15) is 59.1 Å². The third-order valence-corrected chi connectivity index (χ3v) is 4.58. The molecule has 0 spiro atoms.